The molecule has 9 heteroatoms. The first kappa shape index (κ1) is 15.4. The monoisotopic (exact) mass is 297 g/mol. The van der Waals surface area contributed by atoms with Gasteiger partial charge in [0.1, 0.15) is 11.0 Å². The third-order valence-corrected chi connectivity index (χ3v) is 3.36. The first-order valence-corrected chi connectivity index (χ1v) is 6.50. The number of nitrogens with one attached hydrogen (secondary N) is 3. The van der Waals surface area contributed by atoms with Crippen molar-refractivity contribution in [2.24, 2.45) is 0 Å². The van der Waals surface area contributed by atoms with Crippen LogP contribution in [-0.4, -0.2) is 55.6 Å². The summed E-state index contributed by atoms with van der Waals surface area (Å²) in [5.74, 6) is 0.00894. The van der Waals surface area contributed by atoms with Gasteiger partial charge in [-0.2, -0.15) is 0 Å². The van der Waals surface area contributed by atoms with Crippen LogP contribution in [0.4, 0.5) is 5.95 Å². The van der Waals surface area contributed by atoms with E-state index in [4.69, 9.17) is 10.8 Å². The van der Waals surface area contributed by atoms with Crippen molar-refractivity contribution in [2.45, 2.75) is 25.1 Å². The second-order valence-electron chi connectivity index (χ2n) is 4.85. The Labute approximate surface area is 119 Å². The van der Waals surface area contributed by atoms with Crippen LogP contribution in [0.15, 0.2) is 11.0 Å². The van der Waals surface area contributed by atoms with E-state index >= 15 is 0 Å². The van der Waals surface area contributed by atoms with Gasteiger partial charge in [-0.25, -0.2) is 4.98 Å². The minimum atomic E-state index is -1.09. The van der Waals surface area contributed by atoms with Crippen molar-refractivity contribution in [3.63, 3.8) is 0 Å². The van der Waals surface area contributed by atoms with Gasteiger partial charge in [-0.1, -0.05) is 0 Å². The Bertz CT molecular complexity index is 667. The number of rotatable bonds is 6. The lowest BCUT2D eigenvalue weighted by Gasteiger charge is -2.24. The van der Waals surface area contributed by atoms with E-state index in [0.717, 1.165) is 0 Å². The minimum absolute atomic E-state index is 0.00894. The molecule has 0 amide bonds. The fourth-order valence-corrected chi connectivity index (χ4v) is 2.21. The van der Waals surface area contributed by atoms with Crippen LogP contribution in [0.3, 0.4) is 0 Å². The van der Waals surface area contributed by atoms with Crippen LogP contribution in [-0.2, 0) is 0 Å². The van der Waals surface area contributed by atoms with Gasteiger partial charge in [0.25, 0.3) is 5.56 Å². The lowest BCUT2D eigenvalue weighted by atomic mass is 10.1. The van der Waals surface area contributed by atoms with Crippen LogP contribution >= 0.6 is 0 Å². The molecule has 3 atom stereocenters. The van der Waals surface area contributed by atoms with E-state index in [9.17, 15) is 15.0 Å². The molecule has 21 heavy (non-hydrogen) atoms. The summed E-state index contributed by atoms with van der Waals surface area (Å²) in [6.07, 6.45) is 0.521. The molecule has 0 fully saturated rings. The van der Waals surface area contributed by atoms with E-state index in [1.165, 1.54) is 0 Å². The van der Waals surface area contributed by atoms with Crippen molar-refractivity contribution in [3.8, 4) is 0 Å². The smallest absolute Gasteiger partial charge is 0.276 e. The van der Waals surface area contributed by atoms with Gasteiger partial charge in [-0.3, -0.25) is 9.78 Å². The maximum Gasteiger partial charge on any atom is 0.276 e. The molecule has 0 saturated heterocycles. The Hall–Kier alpha value is -1.94. The van der Waals surface area contributed by atoms with Crippen LogP contribution in [0.2, 0.25) is 0 Å². The Morgan fingerprint density at radius 1 is 1.43 bits per heavy atom. The minimum Gasteiger partial charge on any atom is -0.395 e. The first-order valence-electron chi connectivity index (χ1n) is 6.50. The molecule has 9 nitrogen and oxygen atoms in total. The number of aliphatic hydroxyl groups is 3. The number of aromatic nitrogens is 3. The Balaban J connectivity index is 2.31. The van der Waals surface area contributed by atoms with Crippen LogP contribution in [0.25, 0.3) is 11.0 Å². The van der Waals surface area contributed by atoms with Gasteiger partial charge in [0.2, 0.25) is 5.95 Å². The van der Waals surface area contributed by atoms with E-state index in [1.54, 1.807) is 13.1 Å². The molecule has 2 aromatic rings. The highest BCUT2D eigenvalue weighted by Crippen LogP contribution is 2.21. The predicted octanol–water partition coefficient (Wildman–Crippen LogP) is -1.80. The lowest BCUT2D eigenvalue weighted by molar-refractivity contribution is 0.0380. The van der Waals surface area contributed by atoms with E-state index in [1.807, 2.05) is 0 Å². The fourth-order valence-electron chi connectivity index (χ4n) is 2.21. The van der Waals surface area contributed by atoms with Crippen LogP contribution in [0, 0.1) is 0 Å². The van der Waals surface area contributed by atoms with E-state index in [-0.39, 0.29) is 24.2 Å². The number of hydrogen-bond donors (Lipinski definition) is 7. The van der Waals surface area contributed by atoms with E-state index in [0.29, 0.717) is 16.6 Å². The van der Waals surface area contributed by atoms with E-state index in [2.05, 4.69) is 20.3 Å². The molecule has 0 spiro atoms. The largest absolute Gasteiger partial charge is 0.395 e. The van der Waals surface area contributed by atoms with Crippen LogP contribution < -0.4 is 16.6 Å². The molecule has 0 aliphatic rings. The maximum absolute atomic E-state index is 11.7. The molecule has 3 unspecified atom stereocenters. The molecule has 0 radical (unpaired) electrons. The molecule has 2 rings (SSSR count). The van der Waals surface area contributed by atoms with Gasteiger partial charge in [-0.05, 0) is 6.92 Å². The van der Waals surface area contributed by atoms with Gasteiger partial charge in [0.15, 0.2) is 0 Å². The number of hydrogen-bond acceptors (Lipinski definition) is 7. The van der Waals surface area contributed by atoms with Gasteiger partial charge in [0, 0.05) is 17.8 Å². The fraction of sp³-hybridized carbons (Fsp3) is 0.500. The summed E-state index contributed by atoms with van der Waals surface area (Å²) >= 11 is 0. The standard InChI is InChI=1S/C12H19N5O4/c1-5(15-7(3-18)8(20)4-19)6-2-14-10-9(6)16-12(13)17-11(10)21/h2,5,7-8,14-15,18-20H,3-4H2,1H3,(H3,13,16,17,21). The number of aromatic amines is 2. The lowest BCUT2D eigenvalue weighted by Crippen LogP contribution is -2.45. The molecular formula is C12H19N5O4. The van der Waals surface area contributed by atoms with Crippen LogP contribution in [0.5, 0.6) is 0 Å². The van der Waals surface area contributed by atoms with Crippen molar-refractivity contribution in [1.82, 2.24) is 20.3 Å². The summed E-state index contributed by atoms with van der Waals surface area (Å²) in [5.41, 5.74) is 6.56. The number of fused-ring (bicyclic) bond motifs is 1. The second kappa shape index (κ2) is 6.22. The van der Waals surface area contributed by atoms with Crippen molar-refractivity contribution >= 4 is 17.0 Å². The third-order valence-electron chi connectivity index (χ3n) is 3.36. The summed E-state index contributed by atoms with van der Waals surface area (Å²) < 4.78 is 0. The highest BCUT2D eigenvalue weighted by molar-refractivity contribution is 5.79. The number of nitrogens with zero attached hydrogens (tertiary/aromatic N) is 1. The summed E-state index contributed by atoms with van der Waals surface area (Å²) in [4.78, 5) is 21.0. The third kappa shape index (κ3) is 3.05. The summed E-state index contributed by atoms with van der Waals surface area (Å²) in [6, 6.07) is -1.03. The first-order chi connectivity index (χ1) is 9.97. The molecule has 2 aromatic heterocycles. The van der Waals surface area contributed by atoms with E-state index < -0.39 is 18.8 Å². The molecule has 0 bridgehead atoms. The van der Waals surface area contributed by atoms with Crippen molar-refractivity contribution in [2.75, 3.05) is 18.9 Å². The van der Waals surface area contributed by atoms with Gasteiger partial charge < -0.3 is 31.4 Å². The van der Waals surface area contributed by atoms with Gasteiger partial charge in [-0.15, -0.1) is 0 Å². The van der Waals surface area contributed by atoms with Crippen LogP contribution in [0.1, 0.15) is 18.5 Å². The molecule has 0 aliphatic carbocycles. The zero-order chi connectivity index (χ0) is 15.6. The summed E-state index contributed by atoms with van der Waals surface area (Å²) in [7, 11) is 0. The normalized spacial score (nSPS) is 16.0. The van der Waals surface area contributed by atoms with Gasteiger partial charge in [0.05, 0.1) is 25.4 Å². The zero-order valence-corrected chi connectivity index (χ0v) is 11.5. The van der Waals surface area contributed by atoms with Crippen molar-refractivity contribution in [1.29, 1.82) is 0 Å². The SMILES string of the molecule is CC(NC(CO)C(O)CO)c1c[nH]c2c(=O)[nH]c(N)nc12. The second-order valence-corrected chi connectivity index (χ2v) is 4.85. The molecule has 0 aromatic carbocycles. The number of aliphatic hydroxyl groups excluding tert-OH is 3. The Kier molecular flexibility index (Phi) is 4.58. The molecular weight excluding hydrogens is 278 g/mol. The molecule has 0 saturated carbocycles. The number of nitrogen functional groups attached to an aromatic ring is 1. The quantitative estimate of drug-likeness (QED) is 0.331. The molecule has 8 N–H and O–H groups in total. The van der Waals surface area contributed by atoms with Crippen molar-refractivity contribution < 1.29 is 15.3 Å². The maximum atomic E-state index is 11.7. The average Bonchev–Trinajstić information content (AvgIpc) is 2.87. The highest BCUT2D eigenvalue weighted by atomic mass is 16.3. The highest BCUT2D eigenvalue weighted by Gasteiger charge is 2.22. The predicted molar refractivity (Wildman–Crippen MR) is 76.6 cm³/mol. The summed E-state index contributed by atoms with van der Waals surface area (Å²) in [6.45, 7) is 0.975. The zero-order valence-electron chi connectivity index (χ0n) is 11.5. The Morgan fingerprint density at radius 3 is 2.76 bits per heavy atom. The Morgan fingerprint density at radius 2 is 2.14 bits per heavy atom. The molecule has 116 valence electrons. The number of H-pyrrole nitrogens is 2. The number of anilines is 1. The topological polar surface area (TPSA) is 160 Å². The molecule has 0 aliphatic heterocycles. The number of nitrogens with two attached hydrogens (primary N) is 1. The molecule has 2 heterocycles. The van der Waals surface area contributed by atoms with Gasteiger partial charge >= 0.3 is 0 Å². The average molecular weight is 297 g/mol. The summed E-state index contributed by atoms with van der Waals surface area (Å²) in [5, 5.41) is 30.8. The van der Waals surface area contributed by atoms with Crippen molar-refractivity contribution in [3.05, 3.63) is 22.1 Å².